The normalized spacial score (nSPS) is 18.2. The summed E-state index contributed by atoms with van der Waals surface area (Å²) >= 11 is 6.71. The molecule has 0 saturated carbocycles. The predicted octanol–water partition coefficient (Wildman–Crippen LogP) is 4.25. The number of thioether (sulfide) groups is 1. The van der Waals surface area contributed by atoms with Crippen LogP contribution in [0.2, 0.25) is 0 Å². The summed E-state index contributed by atoms with van der Waals surface area (Å²) in [6.07, 6.45) is 2.94. The monoisotopic (exact) mass is 305 g/mol. The summed E-state index contributed by atoms with van der Waals surface area (Å²) in [6, 6.07) is 8.28. The van der Waals surface area contributed by atoms with Crippen molar-refractivity contribution in [3.63, 3.8) is 0 Å². The Balaban J connectivity index is 2.27. The number of carbonyl (C=O) groups excluding carboxylic acids is 1. The molecule has 0 N–H and O–H groups in total. The molecule has 1 aliphatic heterocycles. The van der Waals surface area contributed by atoms with Gasteiger partial charge >= 0.3 is 0 Å². The third-order valence-corrected chi connectivity index (χ3v) is 4.45. The Bertz CT molecular complexity index is 567. The van der Waals surface area contributed by atoms with Crippen molar-refractivity contribution in [2.75, 3.05) is 0 Å². The van der Waals surface area contributed by atoms with Gasteiger partial charge in [-0.25, -0.2) is 0 Å². The predicted molar refractivity (Wildman–Crippen MR) is 90.6 cm³/mol. The highest BCUT2D eigenvalue weighted by Crippen LogP contribution is 2.36. The van der Waals surface area contributed by atoms with Crippen LogP contribution in [0.5, 0.6) is 0 Å². The third-order valence-electron chi connectivity index (χ3n) is 3.15. The zero-order valence-electron chi connectivity index (χ0n) is 12.3. The number of nitrogens with zero attached hydrogens (tertiary/aromatic N) is 1. The molecule has 1 saturated heterocycles. The quantitative estimate of drug-likeness (QED) is 0.602. The van der Waals surface area contributed by atoms with E-state index in [-0.39, 0.29) is 11.4 Å². The van der Waals surface area contributed by atoms with E-state index >= 15 is 0 Å². The largest absolute Gasteiger partial charge is 0.288 e. The van der Waals surface area contributed by atoms with Crippen molar-refractivity contribution < 1.29 is 4.79 Å². The van der Waals surface area contributed by atoms with Gasteiger partial charge in [-0.15, -0.1) is 0 Å². The molecule has 1 aromatic carbocycles. The first-order valence-corrected chi connectivity index (χ1v) is 7.92. The van der Waals surface area contributed by atoms with Crippen LogP contribution in [-0.2, 0) is 11.2 Å². The highest BCUT2D eigenvalue weighted by atomic mass is 32.2. The second kappa shape index (κ2) is 5.70. The summed E-state index contributed by atoms with van der Waals surface area (Å²) < 4.78 is 0.638. The van der Waals surface area contributed by atoms with Crippen molar-refractivity contribution in [2.45, 2.75) is 39.7 Å². The van der Waals surface area contributed by atoms with Crippen molar-refractivity contribution >= 4 is 40.3 Å². The standard InChI is InChI=1S/C16H19NOS2/c1-5-11-6-8-12(9-7-11)10-13-14(18)17(15(19)20-13)16(2,3)4/h6-10H,5H2,1-4H3/b13-10+. The lowest BCUT2D eigenvalue weighted by atomic mass is 10.1. The molecule has 1 heterocycles. The molecule has 0 bridgehead atoms. The van der Waals surface area contributed by atoms with Crippen molar-refractivity contribution in [3.8, 4) is 0 Å². The molecule has 0 aromatic heterocycles. The van der Waals surface area contributed by atoms with E-state index in [9.17, 15) is 4.79 Å². The number of hydrogen-bond acceptors (Lipinski definition) is 3. The fraction of sp³-hybridized carbons (Fsp3) is 0.375. The highest BCUT2D eigenvalue weighted by Gasteiger charge is 2.38. The summed E-state index contributed by atoms with van der Waals surface area (Å²) in [5.41, 5.74) is 2.06. The SMILES string of the molecule is CCc1ccc(/C=C2/SC(=S)N(C(C)(C)C)C2=O)cc1. The van der Waals surface area contributed by atoms with E-state index in [0.29, 0.717) is 9.23 Å². The smallest absolute Gasteiger partial charge is 0.266 e. The Hall–Kier alpha value is -1.13. The van der Waals surface area contributed by atoms with Crippen LogP contribution in [0.1, 0.15) is 38.8 Å². The second-order valence-corrected chi connectivity index (χ2v) is 7.46. The highest BCUT2D eigenvalue weighted by molar-refractivity contribution is 8.26. The Morgan fingerprint density at radius 2 is 1.85 bits per heavy atom. The number of carbonyl (C=O) groups is 1. The van der Waals surface area contributed by atoms with E-state index in [1.807, 2.05) is 39.0 Å². The van der Waals surface area contributed by atoms with Gasteiger partial charge in [-0.05, 0) is 44.4 Å². The van der Waals surface area contributed by atoms with Crippen LogP contribution in [0, 0.1) is 0 Å². The molecule has 106 valence electrons. The van der Waals surface area contributed by atoms with Gasteiger partial charge in [0.05, 0.1) is 4.91 Å². The molecule has 2 nitrogen and oxygen atoms in total. The minimum atomic E-state index is -0.275. The molecular formula is C16H19NOS2. The van der Waals surface area contributed by atoms with Gasteiger partial charge in [-0.3, -0.25) is 9.69 Å². The second-order valence-electron chi connectivity index (χ2n) is 5.78. The summed E-state index contributed by atoms with van der Waals surface area (Å²) in [4.78, 5) is 14.8. The molecular weight excluding hydrogens is 286 g/mol. The van der Waals surface area contributed by atoms with Crippen LogP contribution in [-0.4, -0.2) is 20.7 Å². The van der Waals surface area contributed by atoms with Gasteiger partial charge in [0.1, 0.15) is 4.32 Å². The Morgan fingerprint density at radius 1 is 1.25 bits per heavy atom. The lowest BCUT2D eigenvalue weighted by molar-refractivity contribution is -0.125. The number of thiocarbonyl (C=S) groups is 1. The van der Waals surface area contributed by atoms with Crippen molar-refractivity contribution in [3.05, 3.63) is 40.3 Å². The summed E-state index contributed by atoms with van der Waals surface area (Å²) in [5.74, 6) is 0.00654. The molecule has 2 rings (SSSR count). The summed E-state index contributed by atoms with van der Waals surface area (Å²) in [5, 5.41) is 0. The maximum Gasteiger partial charge on any atom is 0.266 e. The first kappa shape index (κ1) is 15.3. The van der Waals surface area contributed by atoms with E-state index in [0.717, 1.165) is 12.0 Å². The number of amides is 1. The van der Waals surface area contributed by atoms with Crippen molar-refractivity contribution in [1.82, 2.24) is 4.90 Å². The number of hydrogen-bond donors (Lipinski definition) is 0. The summed E-state index contributed by atoms with van der Waals surface area (Å²) in [6.45, 7) is 8.12. The van der Waals surface area contributed by atoms with Gasteiger partial charge in [0, 0.05) is 5.54 Å². The molecule has 0 aliphatic carbocycles. The molecule has 1 fully saturated rings. The van der Waals surface area contributed by atoms with E-state index < -0.39 is 0 Å². The first-order chi connectivity index (χ1) is 9.32. The molecule has 4 heteroatoms. The molecule has 1 aliphatic rings. The fourth-order valence-electron chi connectivity index (χ4n) is 2.05. The maximum absolute atomic E-state index is 12.4. The lowest BCUT2D eigenvalue weighted by Gasteiger charge is -2.30. The first-order valence-electron chi connectivity index (χ1n) is 6.70. The van der Waals surface area contributed by atoms with Gasteiger partial charge in [0.15, 0.2) is 0 Å². The van der Waals surface area contributed by atoms with Gasteiger partial charge in [-0.1, -0.05) is 55.2 Å². The average Bonchev–Trinajstić information content (AvgIpc) is 2.64. The van der Waals surface area contributed by atoms with E-state index in [4.69, 9.17) is 12.2 Å². The van der Waals surface area contributed by atoms with E-state index in [2.05, 4.69) is 19.1 Å². The van der Waals surface area contributed by atoms with E-state index in [1.165, 1.54) is 17.3 Å². The average molecular weight is 305 g/mol. The van der Waals surface area contributed by atoms with Gasteiger partial charge in [0.2, 0.25) is 0 Å². The van der Waals surface area contributed by atoms with Crippen LogP contribution >= 0.6 is 24.0 Å². The molecule has 20 heavy (non-hydrogen) atoms. The molecule has 0 radical (unpaired) electrons. The third kappa shape index (κ3) is 3.13. The van der Waals surface area contributed by atoms with Gasteiger partial charge < -0.3 is 0 Å². The number of aryl methyl sites for hydroxylation is 1. The van der Waals surface area contributed by atoms with Gasteiger partial charge in [-0.2, -0.15) is 0 Å². The van der Waals surface area contributed by atoms with Crippen LogP contribution in [0.25, 0.3) is 6.08 Å². The molecule has 1 aromatic rings. The molecule has 0 atom stereocenters. The number of rotatable bonds is 2. The minimum absolute atomic E-state index is 0.00654. The van der Waals surface area contributed by atoms with Gasteiger partial charge in [0.25, 0.3) is 5.91 Å². The lowest BCUT2D eigenvalue weighted by Crippen LogP contribution is -2.44. The van der Waals surface area contributed by atoms with Crippen molar-refractivity contribution in [2.24, 2.45) is 0 Å². The molecule has 0 spiro atoms. The fourth-order valence-corrected chi connectivity index (χ4v) is 3.68. The molecule has 1 amide bonds. The summed E-state index contributed by atoms with van der Waals surface area (Å²) in [7, 11) is 0. The van der Waals surface area contributed by atoms with E-state index in [1.54, 1.807) is 4.90 Å². The van der Waals surface area contributed by atoms with Crippen LogP contribution in [0.4, 0.5) is 0 Å². The topological polar surface area (TPSA) is 20.3 Å². The Morgan fingerprint density at radius 3 is 2.30 bits per heavy atom. The van der Waals surface area contributed by atoms with Crippen molar-refractivity contribution in [1.29, 1.82) is 0 Å². The van der Waals surface area contributed by atoms with Crippen LogP contribution in [0.15, 0.2) is 29.2 Å². The minimum Gasteiger partial charge on any atom is -0.288 e. The zero-order valence-corrected chi connectivity index (χ0v) is 13.9. The Labute approximate surface area is 130 Å². The van der Waals surface area contributed by atoms with Crippen LogP contribution in [0.3, 0.4) is 0 Å². The maximum atomic E-state index is 12.4. The zero-order chi connectivity index (χ0) is 14.9. The molecule has 0 unspecified atom stereocenters. The van der Waals surface area contributed by atoms with Crippen LogP contribution < -0.4 is 0 Å². The Kier molecular flexibility index (Phi) is 4.35. The number of benzene rings is 1.